The van der Waals surface area contributed by atoms with Crippen LogP contribution >= 0.6 is 0 Å². The van der Waals surface area contributed by atoms with Crippen molar-refractivity contribution in [2.24, 2.45) is 0 Å². The summed E-state index contributed by atoms with van der Waals surface area (Å²) in [6.07, 6.45) is 3.17. The van der Waals surface area contributed by atoms with E-state index in [2.05, 4.69) is 15.3 Å². The van der Waals surface area contributed by atoms with Crippen LogP contribution in [0.15, 0.2) is 41.7 Å². The topological polar surface area (TPSA) is 81.8 Å². The first-order valence-electron chi connectivity index (χ1n) is 7.75. The molecule has 2 aromatic heterocycles. The molecule has 7 nitrogen and oxygen atoms in total. The third-order valence-electron chi connectivity index (χ3n) is 4.03. The lowest BCUT2D eigenvalue weighted by molar-refractivity contribution is -0.121. The number of rotatable bonds is 5. The van der Waals surface area contributed by atoms with E-state index in [0.717, 1.165) is 16.7 Å². The predicted octanol–water partition coefficient (Wildman–Crippen LogP) is 1.03. The summed E-state index contributed by atoms with van der Waals surface area (Å²) in [4.78, 5) is 32.6. The van der Waals surface area contributed by atoms with Gasteiger partial charge in [0.05, 0.1) is 23.7 Å². The fourth-order valence-corrected chi connectivity index (χ4v) is 2.50. The number of aromatic nitrogens is 4. The van der Waals surface area contributed by atoms with E-state index in [9.17, 15) is 9.59 Å². The molecule has 0 atom stereocenters. The van der Waals surface area contributed by atoms with Crippen LogP contribution in [0.5, 0.6) is 0 Å². The normalized spacial score (nSPS) is 10.9. The van der Waals surface area contributed by atoms with E-state index in [0.29, 0.717) is 18.7 Å². The third kappa shape index (κ3) is 3.19. The molecule has 3 rings (SSSR count). The number of fused-ring (bicyclic) bond motifs is 1. The van der Waals surface area contributed by atoms with Crippen LogP contribution in [-0.4, -0.2) is 31.6 Å². The summed E-state index contributed by atoms with van der Waals surface area (Å²) in [6.45, 7) is 4.52. The summed E-state index contributed by atoms with van der Waals surface area (Å²) in [5.41, 5.74) is 3.07. The number of nitrogens with zero attached hydrogens (tertiary/aromatic N) is 4. The minimum atomic E-state index is -0.122. The number of hydrogen-bond acceptors (Lipinski definition) is 4. The van der Waals surface area contributed by atoms with Gasteiger partial charge in [-0.15, -0.1) is 0 Å². The van der Waals surface area contributed by atoms with Crippen molar-refractivity contribution in [2.45, 2.75) is 26.9 Å². The zero-order chi connectivity index (χ0) is 17.1. The molecule has 24 heavy (non-hydrogen) atoms. The molecule has 0 aliphatic rings. The molecule has 0 aliphatic carbocycles. The molecule has 1 amide bonds. The first-order valence-corrected chi connectivity index (χ1v) is 7.75. The van der Waals surface area contributed by atoms with Crippen molar-refractivity contribution in [1.82, 2.24) is 24.4 Å². The summed E-state index contributed by atoms with van der Waals surface area (Å²) in [5.74, 6) is -0.122. The van der Waals surface area contributed by atoms with E-state index in [1.165, 1.54) is 10.9 Å². The highest BCUT2D eigenvalue weighted by atomic mass is 16.2. The molecule has 0 fully saturated rings. The Balaban J connectivity index is 1.58. The molecule has 0 saturated carbocycles. The molecule has 2 heterocycles. The van der Waals surface area contributed by atoms with Crippen LogP contribution in [-0.2, 0) is 17.9 Å². The summed E-state index contributed by atoms with van der Waals surface area (Å²) >= 11 is 0. The predicted molar refractivity (Wildman–Crippen MR) is 90.7 cm³/mol. The summed E-state index contributed by atoms with van der Waals surface area (Å²) < 4.78 is 3.31. The second-order valence-electron chi connectivity index (χ2n) is 5.66. The van der Waals surface area contributed by atoms with E-state index < -0.39 is 0 Å². The molecule has 0 bridgehead atoms. The van der Waals surface area contributed by atoms with Gasteiger partial charge in [0.15, 0.2) is 0 Å². The monoisotopic (exact) mass is 325 g/mol. The number of carbonyl (C=O) groups is 1. The maximum atomic E-state index is 12.1. The summed E-state index contributed by atoms with van der Waals surface area (Å²) in [6, 6.07) is 7.66. The van der Waals surface area contributed by atoms with Gasteiger partial charge in [-0.2, -0.15) is 0 Å². The first-order chi connectivity index (χ1) is 11.6. The molecular formula is C17H19N5O2. The Morgan fingerprint density at radius 3 is 2.71 bits per heavy atom. The Kier molecular flexibility index (Phi) is 4.41. The molecule has 7 heteroatoms. The van der Waals surface area contributed by atoms with Gasteiger partial charge in [0.25, 0.3) is 5.56 Å². The van der Waals surface area contributed by atoms with Gasteiger partial charge in [0, 0.05) is 24.3 Å². The Morgan fingerprint density at radius 1 is 1.12 bits per heavy atom. The zero-order valence-electron chi connectivity index (χ0n) is 13.7. The molecule has 0 spiro atoms. The second-order valence-corrected chi connectivity index (χ2v) is 5.66. The number of imidazole rings is 1. The number of nitrogens with one attached hydrogen (secondary N) is 1. The Labute approximate surface area is 139 Å². The second kappa shape index (κ2) is 6.66. The van der Waals surface area contributed by atoms with Crippen molar-refractivity contribution in [3.63, 3.8) is 0 Å². The van der Waals surface area contributed by atoms with Crippen LogP contribution in [0.4, 0.5) is 0 Å². The van der Waals surface area contributed by atoms with Crippen molar-refractivity contribution < 1.29 is 4.79 Å². The quantitative estimate of drug-likeness (QED) is 0.759. The lowest BCUT2D eigenvalue weighted by Crippen LogP contribution is -2.33. The van der Waals surface area contributed by atoms with E-state index in [-0.39, 0.29) is 18.0 Å². The summed E-state index contributed by atoms with van der Waals surface area (Å²) in [5, 5.41) is 2.82. The van der Waals surface area contributed by atoms with Gasteiger partial charge in [-0.05, 0) is 26.0 Å². The smallest absolute Gasteiger partial charge is 0.256 e. The summed E-state index contributed by atoms with van der Waals surface area (Å²) in [7, 11) is 0. The molecule has 0 aliphatic heterocycles. The maximum absolute atomic E-state index is 12.1. The lowest BCUT2D eigenvalue weighted by Gasteiger charge is -2.09. The van der Waals surface area contributed by atoms with E-state index in [4.69, 9.17) is 0 Å². The zero-order valence-corrected chi connectivity index (χ0v) is 13.7. The first kappa shape index (κ1) is 15.9. The van der Waals surface area contributed by atoms with Crippen molar-refractivity contribution in [3.8, 4) is 0 Å². The fraction of sp³-hybridized carbons (Fsp3) is 0.294. The van der Waals surface area contributed by atoms with Crippen LogP contribution in [0.3, 0.4) is 0 Å². The average Bonchev–Trinajstić information content (AvgIpc) is 2.98. The minimum absolute atomic E-state index is 0.0719. The molecule has 0 radical (unpaired) electrons. The van der Waals surface area contributed by atoms with Gasteiger partial charge in [-0.25, -0.2) is 9.97 Å². The largest absolute Gasteiger partial charge is 0.353 e. The van der Waals surface area contributed by atoms with E-state index in [1.807, 2.05) is 24.3 Å². The minimum Gasteiger partial charge on any atom is -0.353 e. The number of amides is 1. The number of aryl methyl sites for hydroxylation is 1. The van der Waals surface area contributed by atoms with E-state index in [1.54, 1.807) is 24.7 Å². The Bertz CT molecular complexity index is 942. The molecule has 0 unspecified atom stereocenters. The number of para-hydroxylation sites is 2. The third-order valence-corrected chi connectivity index (χ3v) is 4.03. The van der Waals surface area contributed by atoms with Crippen LogP contribution in [0.1, 0.15) is 11.3 Å². The maximum Gasteiger partial charge on any atom is 0.256 e. The molecule has 1 aromatic carbocycles. The molecular weight excluding hydrogens is 306 g/mol. The van der Waals surface area contributed by atoms with Gasteiger partial charge < -0.3 is 9.88 Å². The Morgan fingerprint density at radius 2 is 1.88 bits per heavy atom. The number of carbonyl (C=O) groups excluding carboxylic acids is 1. The van der Waals surface area contributed by atoms with Crippen molar-refractivity contribution in [3.05, 3.63) is 58.5 Å². The van der Waals surface area contributed by atoms with Crippen molar-refractivity contribution >= 4 is 16.9 Å². The SMILES string of the molecule is Cc1ncn(CCNC(=O)Cn2cnc3ccccc32)c(=O)c1C. The lowest BCUT2D eigenvalue weighted by atomic mass is 10.3. The highest BCUT2D eigenvalue weighted by Gasteiger charge is 2.07. The Hall–Kier alpha value is -2.96. The van der Waals surface area contributed by atoms with Crippen molar-refractivity contribution in [2.75, 3.05) is 6.54 Å². The number of benzene rings is 1. The highest BCUT2D eigenvalue weighted by Crippen LogP contribution is 2.11. The molecule has 3 aromatic rings. The average molecular weight is 325 g/mol. The van der Waals surface area contributed by atoms with Gasteiger partial charge >= 0.3 is 0 Å². The van der Waals surface area contributed by atoms with Crippen LogP contribution in [0.25, 0.3) is 11.0 Å². The molecule has 0 saturated heterocycles. The number of hydrogen-bond donors (Lipinski definition) is 1. The van der Waals surface area contributed by atoms with Crippen LogP contribution in [0.2, 0.25) is 0 Å². The van der Waals surface area contributed by atoms with Crippen LogP contribution in [0, 0.1) is 13.8 Å². The van der Waals surface area contributed by atoms with Gasteiger partial charge in [-0.3, -0.25) is 14.2 Å². The molecule has 124 valence electrons. The van der Waals surface area contributed by atoms with Gasteiger partial charge in [0.2, 0.25) is 5.91 Å². The van der Waals surface area contributed by atoms with Crippen LogP contribution < -0.4 is 10.9 Å². The van der Waals surface area contributed by atoms with Gasteiger partial charge in [0.1, 0.15) is 6.54 Å². The van der Waals surface area contributed by atoms with E-state index >= 15 is 0 Å². The fourth-order valence-electron chi connectivity index (χ4n) is 2.50. The van der Waals surface area contributed by atoms with Gasteiger partial charge in [-0.1, -0.05) is 12.1 Å². The van der Waals surface area contributed by atoms with Crippen molar-refractivity contribution in [1.29, 1.82) is 0 Å². The standard InChI is InChI=1S/C17H19N5O2/c1-12-13(2)19-10-21(17(12)24)8-7-18-16(23)9-22-11-20-14-5-3-4-6-15(14)22/h3-6,10-11H,7-9H2,1-2H3,(H,18,23). The molecule has 1 N–H and O–H groups in total. The highest BCUT2D eigenvalue weighted by molar-refractivity contribution is 5.80.